The van der Waals surface area contributed by atoms with Crippen LogP contribution in [0.25, 0.3) is 5.65 Å². The van der Waals surface area contributed by atoms with Crippen molar-refractivity contribution in [2.45, 2.75) is 26.3 Å². The maximum Gasteiger partial charge on any atom is 0.258 e. The third-order valence-electron chi connectivity index (χ3n) is 4.63. The van der Waals surface area contributed by atoms with Crippen molar-refractivity contribution in [1.82, 2.24) is 9.38 Å². The molecule has 0 atom stereocenters. The summed E-state index contributed by atoms with van der Waals surface area (Å²) < 4.78 is 15.6. The number of halogens is 2. The van der Waals surface area contributed by atoms with Crippen LogP contribution in [0, 0.1) is 12.7 Å². The van der Waals surface area contributed by atoms with Crippen molar-refractivity contribution in [3.05, 3.63) is 74.5 Å². The summed E-state index contributed by atoms with van der Waals surface area (Å²) in [5.41, 5.74) is 3.79. The van der Waals surface area contributed by atoms with Crippen LogP contribution < -0.4 is 10.5 Å². The zero-order valence-electron chi connectivity index (χ0n) is 13.8. The average molecular weight is 358 g/mol. The van der Waals surface area contributed by atoms with Gasteiger partial charge in [0.2, 0.25) is 0 Å². The Balaban J connectivity index is 1.75. The highest BCUT2D eigenvalue weighted by molar-refractivity contribution is 6.30. The second kappa shape index (κ2) is 6.15. The fraction of sp³-hybridized carbons (Fsp3) is 0.263. The van der Waals surface area contributed by atoms with Gasteiger partial charge in [-0.25, -0.2) is 9.37 Å². The zero-order chi connectivity index (χ0) is 17.6. The number of fused-ring (bicyclic) bond motifs is 2. The van der Waals surface area contributed by atoms with Gasteiger partial charge in [-0.05, 0) is 43.5 Å². The van der Waals surface area contributed by atoms with E-state index in [0.717, 1.165) is 36.2 Å². The maximum absolute atomic E-state index is 14.2. The third-order valence-corrected chi connectivity index (χ3v) is 4.85. The maximum atomic E-state index is 14.2. The average Bonchev–Trinajstić information content (AvgIpc) is 2.59. The first kappa shape index (κ1) is 16.1. The molecule has 0 unspecified atom stereocenters. The van der Waals surface area contributed by atoms with Crippen LogP contribution in [0.15, 0.2) is 41.3 Å². The first-order chi connectivity index (χ1) is 12.0. The second-order valence-electron chi connectivity index (χ2n) is 6.38. The molecule has 0 spiro atoms. The van der Waals surface area contributed by atoms with Crippen molar-refractivity contribution in [2.24, 2.45) is 0 Å². The Kier molecular flexibility index (Phi) is 3.96. The Morgan fingerprint density at radius 2 is 2.12 bits per heavy atom. The van der Waals surface area contributed by atoms with Crippen molar-refractivity contribution in [3.63, 3.8) is 0 Å². The minimum Gasteiger partial charge on any atom is -0.365 e. The molecule has 0 saturated carbocycles. The van der Waals surface area contributed by atoms with E-state index in [1.165, 1.54) is 16.5 Å². The summed E-state index contributed by atoms with van der Waals surface area (Å²) >= 11 is 5.94. The Bertz CT molecular complexity index is 1030. The summed E-state index contributed by atoms with van der Waals surface area (Å²) in [6.07, 6.45) is 3.19. The van der Waals surface area contributed by atoms with Gasteiger partial charge in [0.25, 0.3) is 5.56 Å². The van der Waals surface area contributed by atoms with Gasteiger partial charge in [-0.1, -0.05) is 17.7 Å². The number of anilines is 1. The summed E-state index contributed by atoms with van der Waals surface area (Å²) in [5.74, 6) is -0.161. The molecule has 0 radical (unpaired) electrons. The summed E-state index contributed by atoms with van der Waals surface area (Å²) in [6.45, 7) is 3.28. The van der Waals surface area contributed by atoms with E-state index in [1.807, 2.05) is 6.92 Å². The van der Waals surface area contributed by atoms with Crippen molar-refractivity contribution >= 4 is 22.9 Å². The fourth-order valence-electron chi connectivity index (χ4n) is 3.53. The lowest BCUT2D eigenvalue weighted by molar-refractivity contribution is 0.584. The molecule has 2 aromatic heterocycles. The minimum atomic E-state index is -0.171. The Morgan fingerprint density at radius 3 is 2.96 bits per heavy atom. The van der Waals surface area contributed by atoms with Crippen molar-refractivity contribution in [2.75, 3.05) is 11.4 Å². The predicted molar refractivity (Wildman–Crippen MR) is 97.0 cm³/mol. The van der Waals surface area contributed by atoms with Gasteiger partial charge in [-0.15, -0.1) is 0 Å². The molecule has 0 fully saturated rings. The first-order valence-electron chi connectivity index (χ1n) is 8.24. The van der Waals surface area contributed by atoms with Gasteiger partial charge in [0.15, 0.2) is 0 Å². The Hall–Kier alpha value is -2.40. The van der Waals surface area contributed by atoms with Crippen LogP contribution in [-0.2, 0) is 13.0 Å². The summed E-state index contributed by atoms with van der Waals surface area (Å²) in [6, 6.07) is 8.29. The lowest BCUT2D eigenvalue weighted by Crippen LogP contribution is -2.31. The van der Waals surface area contributed by atoms with E-state index >= 15 is 0 Å². The molecule has 0 aliphatic carbocycles. The molecular weight excluding hydrogens is 341 g/mol. The Morgan fingerprint density at radius 1 is 1.28 bits per heavy atom. The van der Waals surface area contributed by atoms with Crippen LogP contribution in [0.5, 0.6) is 0 Å². The number of hydrogen-bond donors (Lipinski definition) is 0. The van der Waals surface area contributed by atoms with Gasteiger partial charge in [-0.2, -0.15) is 0 Å². The highest BCUT2D eigenvalue weighted by atomic mass is 35.5. The SMILES string of the molecule is Cc1ccc(F)c2c1N(Cc1cc(=O)n3cc(Cl)ccc3n1)CCC2. The molecule has 1 aromatic carbocycles. The number of pyridine rings is 1. The molecule has 25 heavy (non-hydrogen) atoms. The van der Waals surface area contributed by atoms with E-state index in [4.69, 9.17) is 11.6 Å². The van der Waals surface area contributed by atoms with Crippen molar-refractivity contribution in [3.8, 4) is 0 Å². The molecule has 3 aromatic rings. The number of hydrogen-bond acceptors (Lipinski definition) is 3. The standard InChI is InChI=1S/C19H17ClFN3O/c1-12-4-6-16(21)15-3-2-8-23(19(12)15)11-14-9-18(25)24-10-13(20)5-7-17(24)22-14/h4-7,9-10H,2-3,8,11H2,1H3. The molecule has 3 heterocycles. The molecule has 1 aliphatic heterocycles. The normalized spacial score (nSPS) is 14.0. The number of benzene rings is 1. The summed E-state index contributed by atoms with van der Waals surface area (Å²) in [5, 5.41) is 0.486. The highest BCUT2D eigenvalue weighted by Crippen LogP contribution is 2.33. The number of aryl methyl sites for hydroxylation is 1. The van der Waals surface area contributed by atoms with Crippen LogP contribution in [0.3, 0.4) is 0 Å². The number of rotatable bonds is 2. The largest absolute Gasteiger partial charge is 0.365 e. The van der Waals surface area contributed by atoms with Crippen LogP contribution in [0.4, 0.5) is 10.1 Å². The number of aromatic nitrogens is 2. The fourth-order valence-corrected chi connectivity index (χ4v) is 3.69. The van der Waals surface area contributed by atoms with Gasteiger partial charge in [0.05, 0.1) is 17.3 Å². The highest BCUT2D eigenvalue weighted by Gasteiger charge is 2.22. The van der Waals surface area contributed by atoms with Crippen LogP contribution in [-0.4, -0.2) is 15.9 Å². The van der Waals surface area contributed by atoms with Crippen LogP contribution >= 0.6 is 11.6 Å². The van der Waals surface area contributed by atoms with Gasteiger partial charge in [-0.3, -0.25) is 9.20 Å². The first-order valence-corrected chi connectivity index (χ1v) is 8.61. The topological polar surface area (TPSA) is 37.6 Å². The van der Waals surface area contributed by atoms with E-state index in [2.05, 4.69) is 9.88 Å². The smallest absolute Gasteiger partial charge is 0.258 e. The monoisotopic (exact) mass is 357 g/mol. The minimum absolute atomic E-state index is 0.161. The van der Waals surface area contributed by atoms with Crippen molar-refractivity contribution in [1.29, 1.82) is 0 Å². The molecule has 1 aliphatic rings. The van der Waals surface area contributed by atoms with E-state index in [1.54, 1.807) is 24.4 Å². The lowest BCUT2D eigenvalue weighted by atomic mass is 9.97. The lowest BCUT2D eigenvalue weighted by Gasteiger charge is -2.32. The van der Waals surface area contributed by atoms with E-state index in [9.17, 15) is 9.18 Å². The zero-order valence-corrected chi connectivity index (χ0v) is 14.6. The van der Waals surface area contributed by atoms with Crippen LogP contribution in [0.2, 0.25) is 5.02 Å². The molecule has 0 saturated heterocycles. The van der Waals surface area contributed by atoms with Gasteiger partial charge < -0.3 is 4.90 Å². The third kappa shape index (κ3) is 2.89. The van der Waals surface area contributed by atoms with Crippen LogP contribution in [0.1, 0.15) is 23.2 Å². The van der Waals surface area contributed by atoms with Crippen molar-refractivity contribution < 1.29 is 4.39 Å². The molecule has 128 valence electrons. The number of nitrogens with zero attached hydrogens (tertiary/aromatic N) is 3. The quantitative estimate of drug-likeness (QED) is 0.701. The molecule has 0 bridgehead atoms. The molecule has 0 N–H and O–H groups in total. The van der Waals surface area contributed by atoms with Gasteiger partial charge in [0, 0.05) is 30.1 Å². The van der Waals surface area contributed by atoms with E-state index in [-0.39, 0.29) is 11.4 Å². The molecule has 4 rings (SSSR count). The summed E-state index contributed by atoms with van der Waals surface area (Å²) in [7, 11) is 0. The molecule has 6 heteroatoms. The second-order valence-corrected chi connectivity index (χ2v) is 6.81. The predicted octanol–water partition coefficient (Wildman–Crippen LogP) is 3.75. The summed E-state index contributed by atoms with van der Waals surface area (Å²) in [4.78, 5) is 19.0. The van der Waals surface area contributed by atoms with E-state index < -0.39 is 0 Å². The molecule has 4 nitrogen and oxygen atoms in total. The molecule has 0 amide bonds. The van der Waals surface area contributed by atoms with Gasteiger partial charge >= 0.3 is 0 Å². The van der Waals surface area contributed by atoms with E-state index in [0.29, 0.717) is 22.9 Å². The molecular formula is C19H17ClFN3O. The van der Waals surface area contributed by atoms with Gasteiger partial charge in [0.1, 0.15) is 11.5 Å². The Labute approximate surface area is 149 Å².